The molecule has 1 unspecified atom stereocenters. The second-order valence-corrected chi connectivity index (χ2v) is 8.94. The van der Waals surface area contributed by atoms with Gasteiger partial charge in [-0.05, 0) is 29.4 Å². The molecule has 23 heavy (non-hydrogen) atoms. The second-order valence-electron chi connectivity index (χ2n) is 8.10. The Labute approximate surface area is 142 Å². The molecule has 0 amide bonds. The number of amidine groups is 1. The van der Waals surface area contributed by atoms with Crippen molar-refractivity contribution in [1.82, 2.24) is 0 Å². The fourth-order valence-corrected chi connectivity index (χ4v) is 5.72. The Bertz CT molecular complexity index is 826. The molecule has 0 saturated heterocycles. The minimum atomic E-state index is 0.119. The highest BCUT2D eigenvalue weighted by Gasteiger charge is 2.57. The number of rotatable bonds is 0. The van der Waals surface area contributed by atoms with Gasteiger partial charge >= 0.3 is 0 Å². The predicted octanol–water partition coefficient (Wildman–Crippen LogP) is 5.31. The van der Waals surface area contributed by atoms with Crippen molar-refractivity contribution in [1.29, 1.82) is 0 Å². The summed E-state index contributed by atoms with van der Waals surface area (Å²) < 4.78 is 4.94. The fraction of sp³-hybridized carbons (Fsp3) is 0.450. The van der Waals surface area contributed by atoms with E-state index >= 15 is 0 Å². The summed E-state index contributed by atoms with van der Waals surface area (Å²) in [6.45, 7) is 9.61. The van der Waals surface area contributed by atoms with Crippen LogP contribution >= 0.6 is 11.9 Å². The number of hydrogen-bond donors (Lipinski definition) is 0. The Balaban J connectivity index is 1.90. The standard InChI is InChI=1S/C20H22N2S/c1-19(2)15-11-7-10-13-12-8-5-6-9-14(12)17-21-23-18(20(19,3)4)22(17)16(13)15/h7-11,18H,5-6H2,1-4H3. The summed E-state index contributed by atoms with van der Waals surface area (Å²) in [4.78, 5) is 2.54. The highest BCUT2D eigenvalue weighted by atomic mass is 32.2. The SMILES string of the molecule is CC1(C)c2cccc3c2N2C(=NSC2C1(C)C)C1=CCCC=C13. The highest BCUT2D eigenvalue weighted by molar-refractivity contribution is 7.99. The Morgan fingerprint density at radius 2 is 1.83 bits per heavy atom. The van der Waals surface area contributed by atoms with Crippen molar-refractivity contribution in [2.75, 3.05) is 4.90 Å². The van der Waals surface area contributed by atoms with Crippen LogP contribution in [0.3, 0.4) is 0 Å². The van der Waals surface area contributed by atoms with Gasteiger partial charge in [-0.15, -0.1) is 0 Å². The van der Waals surface area contributed by atoms with Crippen LogP contribution in [0.2, 0.25) is 0 Å². The summed E-state index contributed by atoms with van der Waals surface area (Å²) in [7, 11) is 0. The van der Waals surface area contributed by atoms with Crippen LogP contribution in [0.5, 0.6) is 0 Å². The molecule has 4 aliphatic rings. The zero-order valence-corrected chi connectivity index (χ0v) is 15.0. The average molecular weight is 322 g/mol. The molecule has 0 bridgehead atoms. The van der Waals surface area contributed by atoms with E-state index in [1.165, 1.54) is 33.8 Å². The van der Waals surface area contributed by atoms with E-state index in [-0.39, 0.29) is 10.8 Å². The lowest BCUT2D eigenvalue weighted by molar-refractivity contribution is 0.183. The molecule has 1 aromatic carbocycles. The maximum atomic E-state index is 4.94. The fourth-order valence-electron chi connectivity index (χ4n) is 4.48. The maximum Gasteiger partial charge on any atom is 0.149 e. The van der Waals surface area contributed by atoms with Gasteiger partial charge in [-0.2, -0.15) is 4.40 Å². The number of benzene rings is 1. The van der Waals surface area contributed by atoms with Gasteiger partial charge in [-0.1, -0.05) is 58.0 Å². The van der Waals surface area contributed by atoms with Gasteiger partial charge in [0.05, 0.1) is 5.69 Å². The number of fused-ring (bicyclic) bond motifs is 3. The molecule has 3 heterocycles. The van der Waals surface area contributed by atoms with Crippen molar-refractivity contribution in [3.05, 3.63) is 47.1 Å². The van der Waals surface area contributed by atoms with Crippen molar-refractivity contribution in [3.63, 3.8) is 0 Å². The molecule has 1 aliphatic carbocycles. The molecular weight excluding hydrogens is 300 g/mol. The first kappa shape index (κ1) is 13.9. The third kappa shape index (κ3) is 1.46. The van der Waals surface area contributed by atoms with E-state index in [1.807, 2.05) is 0 Å². The minimum Gasteiger partial charge on any atom is -0.309 e. The second kappa shape index (κ2) is 4.13. The summed E-state index contributed by atoms with van der Waals surface area (Å²) in [6.07, 6.45) is 7.07. The van der Waals surface area contributed by atoms with Crippen LogP contribution in [-0.2, 0) is 5.41 Å². The molecule has 2 nitrogen and oxygen atoms in total. The van der Waals surface area contributed by atoms with Crippen LogP contribution < -0.4 is 4.90 Å². The third-order valence-electron chi connectivity index (χ3n) is 6.57. The Hall–Kier alpha value is -1.48. The molecule has 0 radical (unpaired) electrons. The van der Waals surface area contributed by atoms with Gasteiger partial charge in [0.1, 0.15) is 11.2 Å². The van der Waals surface area contributed by atoms with Gasteiger partial charge in [-0.3, -0.25) is 0 Å². The quantitative estimate of drug-likeness (QED) is 0.601. The molecular formula is C20H22N2S. The number of allylic oxidation sites excluding steroid dienone is 2. The summed E-state index contributed by atoms with van der Waals surface area (Å²) in [5.74, 6) is 1.19. The van der Waals surface area contributed by atoms with Gasteiger partial charge < -0.3 is 4.90 Å². The van der Waals surface area contributed by atoms with Crippen LogP contribution in [0.4, 0.5) is 5.69 Å². The molecule has 0 saturated carbocycles. The molecule has 3 aliphatic heterocycles. The Morgan fingerprint density at radius 1 is 1.09 bits per heavy atom. The maximum absolute atomic E-state index is 4.94. The first-order valence-corrected chi connectivity index (χ1v) is 9.36. The third-order valence-corrected chi connectivity index (χ3v) is 7.84. The van der Waals surface area contributed by atoms with E-state index < -0.39 is 0 Å². The van der Waals surface area contributed by atoms with Gasteiger partial charge in [0.15, 0.2) is 0 Å². The lowest BCUT2D eigenvalue weighted by Gasteiger charge is -2.55. The van der Waals surface area contributed by atoms with Gasteiger partial charge in [0.25, 0.3) is 0 Å². The van der Waals surface area contributed by atoms with Crippen molar-refractivity contribution in [2.45, 2.75) is 51.3 Å². The van der Waals surface area contributed by atoms with Crippen LogP contribution in [-0.4, -0.2) is 11.2 Å². The zero-order valence-electron chi connectivity index (χ0n) is 14.2. The molecule has 0 N–H and O–H groups in total. The summed E-state index contributed by atoms with van der Waals surface area (Å²) in [5.41, 5.74) is 7.31. The van der Waals surface area contributed by atoms with Gasteiger partial charge in [0.2, 0.25) is 0 Å². The molecule has 0 fully saturated rings. The Morgan fingerprint density at radius 3 is 2.61 bits per heavy atom. The topological polar surface area (TPSA) is 15.6 Å². The summed E-state index contributed by atoms with van der Waals surface area (Å²) in [6, 6.07) is 6.87. The number of para-hydroxylation sites is 1. The van der Waals surface area contributed by atoms with Crippen LogP contribution in [0.1, 0.15) is 51.7 Å². The highest BCUT2D eigenvalue weighted by Crippen LogP contribution is 2.62. The Kier molecular flexibility index (Phi) is 2.50. The summed E-state index contributed by atoms with van der Waals surface area (Å²) >= 11 is 1.77. The van der Waals surface area contributed by atoms with E-state index in [4.69, 9.17) is 4.40 Å². The van der Waals surface area contributed by atoms with Crippen molar-refractivity contribution in [2.24, 2.45) is 9.81 Å². The molecule has 118 valence electrons. The van der Waals surface area contributed by atoms with Crippen LogP contribution in [0.15, 0.2) is 40.3 Å². The zero-order chi connectivity index (χ0) is 16.0. The average Bonchev–Trinajstić information content (AvgIpc) is 2.99. The molecule has 3 heteroatoms. The van der Waals surface area contributed by atoms with E-state index in [0.29, 0.717) is 5.37 Å². The lowest BCUT2D eigenvalue weighted by atomic mass is 9.60. The van der Waals surface area contributed by atoms with E-state index in [2.05, 4.69) is 62.9 Å². The lowest BCUT2D eigenvalue weighted by Crippen LogP contribution is -2.57. The number of anilines is 1. The monoisotopic (exact) mass is 322 g/mol. The van der Waals surface area contributed by atoms with Crippen LogP contribution in [0, 0.1) is 5.41 Å². The molecule has 1 aromatic rings. The smallest absolute Gasteiger partial charge is 0.149 e. The molecule has 0 aromatic heterocycles. The van der Waals surface area contributed by atoms with E-state index in [1.54, 1.807) is 11.9 Å². The van der Waals surface area contributed by atoms with E-state index in [9.17, 15) is 0 Å². The predicted molar refractivity (Wildman–Crippen MR) is 99.8 cm³/mol. The van der Waals surface area contributed by atoms with Crippen molar-refractivity contribution < 1.29 is 0 Å². The first-order valence-electron chi connectivity index (χ1n) is 8.52. The largest absolute Gasteiger partial charge is 0.309 e. The minimum absolute atomic E-state index is 0.119. The van der Waals surface area contributed by atoms with Gasteiger partial charge in [-0.25, -0.2) is 0 Å². The number of nitrogens with zero attached hydrogens (tertiary/aromatic N) is 2. The molecule has 0 spiro atoms. The molecule has 5 rings (SSSR count). The van der Waals surface area contributed by atoms with Crippen molar-refractivity contribution in [3.8, 4) is 0 Å². The van der Waals surface area contributed by atoms with Crippen LogP contribution in [0.25, 0.3) is 5.57 Å². The molecule has 1 atom stereocenters. The normalized spacial score (nSPS) is 28.4. The van der Waals surface area contributed by atoms with Crippen molar-refractivity contribution >= 4 is 29.0 Å². The first-order chi connectivity index (χ1) is 10.9. The van der Waals surface area contributed by atoms with Gasteiger partial charge in [0, 0.05) is 28.5 Å². The number of hydrogen-bond acceptors (Lipinski definition) is 3. The van der Waals surface area contributed by atoms with E-state index in [0.717, 1.165) is 12.8 Å². The summed E-state index contributed by atoms with van der Waals surface area (Å²) in [5, 5.41) is 0.380.